The summed E-state index contributed by atoms with van der Waals surface area (Å²) in [5.74, 6) is 5.79. The highest BCUT2D eigenvalue weighted by Crippen LogP contribution is 2.35. The highest BCUT2D eigenvalue weighted by Gasteiger charge is 2.34. The molecule has 40 heavy (non-hydrogen) atoms. The largest absolute Gasteiger partial charge is 0.416 e. The van der Waals surface area contributed by atoms with E-state index in [1.54, 1.807) is 36.7 Å². The number of carbonyl (C=O) groups is 1. The molecule has 0 atom stereocenters. The van der Waals surface area contributed by atoms with Crippen molar-refractivity contribution in [2.45, 2.75) is 45.3 Å². The van der Waals surface area contributed by atoms with E-state index >= 15 is 0 Å². The van der Waals surface area contributed by atoms with E-state index in [0.29, 0.717) is 11.1 Å². The lowest BCUT2D eigenvalue weighted by atomic mass is 10.0. The lowest BCUT2D eigenvalue weighted by Crippen LogP contribution is -2.25. The van der Waals surface area contributed by atoms with Gasteiger partial charge in [-0.05, 0) is 68.2 Å². The number of pyridine rings is 1. The van der Waals surface area contributed by atoms with Gasteiger partial charge in [0.2, 0.25) is 0 Å². The minimum absolute atomic E-state index is 0.104. The number of carbonyl (C=O) groups excluding carboxylic acids is 1. The van der Waals surface area contributed by atoms with Crippen molar-refractivity contribution in [1.82, 2.24) is 9.88 Å². The number of hydrogen-bond acceptors (Lipinski definition) is 3. The monoisotopic (exact) mass is 541 g/mol. The second-order valence-corrected chi connectivity index (χ2v) is 10.2. The van der Waals surface area contributed by atoms with E-state index in [1.807, 2.05) is 31.2 Å². The van der Waals surface area contributed by atoms with Crippen LogP contribution in [-0.4, -0.2) is 28.9 Å². The Morgan fingerprint density at radius 3 is 2.45 bits per heavy atom. The van der Waals surface area contributed by atoms with Gasteiger partial charge in [-0.1, -0.05) is 61.1 Å². The third-order valence-corrected chi connectivity index (χ3v) is 7.27. The lowest BCUT2D eigenvalue weighted by Gasteiger charge is -2.23. The molecule has 1 aromatic heterocycles. The lowest BCUT2D eigenvalue weighted by molar-refractivity contribution is -0.138. The topological polar surface area (TPSA) is 45.2 Å². The molecule has 1 amide bonds. The molecule has 4 aromatic rings. The number of alkyl halides is 3. The SMILES string of the molecule is Cc1ccc(C(=O)Nc2ccc(CN3CCCCCC3)c(C(F)(F)F)c2)cc1C#Cc1cncc2ccccc12. The molecule has 0 saturated carbocycles. The van der Waals surface area contributed by atoms with E-state index in [0.717, 1.165) is 66.7 Å². The van der Waals surface area contributed by atoms with E-state index in [9.17, 15) is 18.0 Å². The number of rotatable bonds is 4. The highest BCUT2D eigenvalue weighted by atomic mass is 19.4. The molecule has 1 aliphatic rings. The summed E-state index contributed by atoms with van der Waals surface area (Å²) in [6.45, 7) is 3.73. The number of nitrogens with one attached hydrogen (secondary N) is 1. The molecular formula is C33H30F3N3O. The van der Waals surface area contributed by atoms with Crippen molar-refractivity contribution >= 4 is 22.4 Å². The fourth-order valence-electron chi connectivity index (χ4n) is 5.04. The smallest absolute Gasteiger partial charge is 0.322 e. The van der Waals surface area contributed by atoms with Crippen LogP contribution in [-0.2, 0) is 12.7 Å². The predicted octanol–water partition coefficient (Wildman–Crippen LogP) is 7.59. The standard InChI is InChI=1S/C33H30F3N3O/c1-23-10-11-25(18-24(23)12-13-27-21-37-20-26-8-4-5-9-30(26)27)32(40)38-29-15-14-28(31(19-29)33(34,35)36)22-39-16-6-2-3-7-17-39/h4-5,8-11,14-15,18-21H,2-3,6-7,16-17,22H2,1H3,(H,38,40). The summed E-state index contributed by atoms with van der Waals surface area (Å²) < 4.78 is 42.0. The van der Waals surface area contributed by atoms with Gasteiger partial charge >= 0.3 is 6.18 Å². The molecule has 3 aromatic carbocycles. The zero-order chi connectivity index (χ0) is 28.1. The number of aryl methyl sites for hydroxylation is 1. The summed E-state index contributed by atoms with van der Waals surface area (Å²) in [4.78, 5) is 19.4. The molecule has 0 bridgehead atoms. The van der Waals surface area contributed by atoms with Gasteiger partial charge in [-0.2, -0.15) is 13.2 Å². The average Bonchev–Trinajstić information content (AvgIpc) is 3.21. The van der Waals surface area contributed by atoms with Gasteiger partial charge in [0.05, 0.1) is 11.1 Å². The third kappa shape index (κ3) is 6.52. The fraction of sp³-hybridized carbons (Fsp3) is 0.273. The van der Waals surface area contributed by atoms with E-state index in [-0.39, 0.29) is 17.8 Å². The molecule has 2 heterocycles. The summed E-state index contributed by atoms with van der Waals surface area (Å²) in [6, 6.07) is 17.0. The van der Waals surface area contributed by atoms with Gasteiger partial charge in [-0.15, -0.1) is 0 Å². The fourth-order valence-corrected chi connectivity index (χ4v) is 5.04. The predicted molar refractivity (Wildman–Crippen MR) is 152 cm³/mol. The molecule has 0 unspecified atom stereocenters. The van der Waals surface area contributed by atoms with Crippen LogP contribution in [0.5, 0.6) is 0 Å². The first-order valence-corrected chi connectivity index (χ1v) is 13.5. The molecule has 204 valence electrons. The van der Waals surface area contributed by atoms with Crippen LogP contribution in [0.15, 0.2) is 73.1 Å². The zero-order valence-corrected chi connectivity index (χ0v) is 22.3. The molecule has 4 nitrogen and oxygen atoms in total. The van der Waals surface area contributed by atoms with Gasteiger partial charge in [0, 0.05) is 46.5 Å². The third-order valence-electron chi connectivity index (χ3n) is 7.27. The number of fused-ring (bicyclic) bond motifs is 1. The van der Waals surface area contributed by atoms with Crippen LogP contribution in [0.1, 0.15) is 63.9 Å². The second-order valence-electron chi connectivity index (χ2n) is 10.2. The molecule has 7 heteroatoms. The second kappa shape index (κ2) is 11.9. The molecule has 1 N–H and O–H groups in total. The van der Waals surface area contributed by atoms with Crippen LogP contribution in [0.2, 0.25) is 0 Å². The Bertz CT molecular complexity index is 1590. The Morgan fingerprint density at radius 1 is 0.925 bits per heavy atom. The Morgan fingerprint density at radius 2 is 1.68 bits per heavy atom. The van der Waals surface area contributed by atoms with Crippen LogP contribution in [0.4, 0.5) is 18.9 Å². The number of nitrogens with zero attached hydrogens (tertiary/aromatic N) is 2. The Hall–Kier alpha value is -4.15. The van der Waals surface area contributed by atoms with Gasteiger partial charge in [0.1, 0.15) is 0 Å². The average molecular weight is 542 g/mol. The van der Waals surface area contributed by atoms with Gasteiger partial charge < -0.3 is 5.32 Å². The first-order chi connectivity index (χ1) is 19.3. The molecular weight excluding hydrogens is 511 g/mol. The molecule has 1 fully saturated rings. The number of aromatic nitrogens is 1. The molecule has 0 spiro atoms. The quantitative estimate of drug-likeness (QED) is 0.271. The van der Waals surface area contributed by atoms with Crippen molar-refractivity contribution in [3.8, 4) is 11.8 Å². The highest BCUT2D eigenvalue weighted by molar-refractivity contribution is 6.04. The van der Waals surface area contributed by atoms with Gasteiger partial charge in [0.25, 0.3) is 5.91 Å². The van der Waals surface area contributed by atoms with Gasteiger partial charge in [0.15, 0.2) is 0 Å². The number of amides is 1. The van der Waals surface area contributed by atoms with E-state index in [4.69, 9.17) is 0 Å². The van der Waals surface area contributed by atoms with Crippen LogP contribution in [0, 0.1) is 18.8 Å². The number of hydrogen-bond donors (Lipinski definition) is 1. The Labute approximate surface area is 232 Å². The summed E-state index contributed by atoms with van der Waals surface area (Å²) in [5, 5.41) is 4.61. The molecule has 0 aliphatic carbocycles. The minimum atomic E-state index is -4.52. The number of likely N-dealkylation sites (tertiary alicyclic amines) is 1. The van der Waals surface area contributed by atoms with Crippen molar-refractivity contribution in [1.29, 1.82) is 0 Å². The summed E-state index contributed by atoms with van der Waals surface area (Å²) in [5.41, 5.74) is 2.24. The van der Waals surface area contributed by atoms with E-state index < -0.39 is 17.6 Å². The van der Waals surface area contributed by atoms with Crippen molar-refractivity contribution in [2.75, 3.05) is 18.4 Å². The maximum atomic E-state index is 14.0. The summed E-state index contributed by atoms with van der Waals surface area (Å²) in [6.07, 6.45) is 3.18. The van der Waals surface area contributed by atoms with Crippen LogP contribution < -0.4 is 5.32 Å². The van der Waals surface area contributed by atoms with Gasteiger partial charge in [-0.3, -0.25) is 14.7 Å². The van der Waals surface area contributed by atoms with Crippen LogP contribution >= 0.6 is 0 Å². The molecule has 0 radical (unpaired) electrons. The number of benzene rings is 3. The minimum Gasteiger partial charge on any atom is -0.322 e. The summed E-state index contributed by atoms with van der Waals surface area (Å²) >= 11 is 0. The Balaban J connectivity index is 1.37. The summed E-state index contributed by atoms with van der Waals surface area (Å²) in [7, 11) is 0. The first kappa shape index (κ1) is 27.4. The van der Waals surface area contributed by atoms with Crippen molar-refractivity contribution in [2.24, 2.45) is 0 Å². The molecule has 1 saturated heterocycles. The number of halogens is 3. The zero-order valence-electron chi connectivity index (χ0n) is 22.3. The van der Waals surface area contributed by atoms with E-state index in [1.165, 1.54) is 6.07 Å². The van der Waals surface area contributed by atoms with Crippen molar-refractivity contribution in [3.05, 3.63) is 106 Å². The number of anilines is 1. The maximum absolute atomic E-state index is 14.0. The van der Waals surface area contributed by atoms with Gasteiger partial charge in [-0.25, -0.2) is 0 Å². The first-order valence-electron chi connectivity index (χ1n) is 13.5. The maximum Gasteiger partial charge on any atom is 0.416 e. The molecule has 5 rings (SSSR count). The van der Waals surface area contributed by atoms with Crippen molar-refractivity contribution < 1.29 is 18.0 Å². The van der Waals surface area contributed by atoms with E-state index in [2.05, 4.69) is 27.0 Å². The van der Waals surface area contributed by atoms with Crippen molar-refractivity contribution in [3.63, 3.8) is 0 Å². The Kier molecular flexibility index (Phi) is 8.18. The van der Waals surface area contributed by atoms with Crippen LogP contribution in [0.25, 0.3) is 10.8 Å². The van der Waals surface area contributed by atoms with Crippen LogP contribution in [0.3, 0.4) is 0 Å². The normalized spacial score (nSPS) is 14.3. The molecule has 1 aliphatic heterocycles.